The van der Waals surface area contributed by atoms with E-state index in [0.717, 1.165) is 23.7 Å². The van der Waals surface area contributed by atoms with E-state index in [1.54, 1.807) is 11.3 Å². The molecule has 0 bridgehead atoms. The Morgan fingerprint density at radius 2 is 2.24 bits per heavy atom. The Hall–Kier alpha value is -2.11. The molecule has 3 N–H and O–H groups in total. The van der Waals surface area contributed by atoms with E-state index in [1.807, 2.05) is 30.6 Å². The van der Waals surface area contributed by atoms with E-state index in [1.165, 1.54) is 10.9 Å². The number of hydrogen-bond acceptors (Lipinski definition) is 3. The zero-order chi connectivity index (χ0) is 14.7. The number of hydrogen-bond donors (Lipinski definition) is 2. The number of nitrogens with zero attached hydrogens (tertiary/aromatic N) is 2. The van der Waals surface area contributed by atoms with Gasteiger partial charge < -0.3 is 15.6 Å². The van der Waals surface area contributed by atoms with Crippen molar-refractivity contribution in [2.75, 3.05) is 13.6 Å². The Balaban J connectivity index is 1.90. The zero-order valence-electron chi connectivity index (χ0n) is 11.9. The third kappa shape index (κ3) is 2.99. The number of benzene rings is 1. The van der Waals surface area contributed by atoms with Crippen LogP contribution in [0.5, 0.6) is 0 Å². The average molecular weight is 298 g/mol. The maximum Gasteiger partial charge on any atom is 0.141 e. The molecule has 0 radical (unpaired) electrons. The van der Waals surface area contributed by atoms with E-state index in [2.05, 4.69) is 39.3 Å². The smallest absolute Gasteiger partial charge is 0.141 e. The fourth-order valence-corrected chi connectivity index (χ4v) is 2.93. The minimum Gasteiger partial charge on any atom is -0.383 e. The van der Waals surface area contributed by atoms with Crippen LogP contribution < -0.4 is 11.1 Å². The molecule has 2 aromatic heterocycles. The number of nitrogens with two attached hydrogens (primary N) is 1. The first-order valence-electron chi connectivity index (χ1n) is 6.89. The molecule has 21 heavy (non-hydrogen) atoms. The molecule has 0 amide bonds. The van der Waals surface area contributed by atoms with Crippen molar-refractivity contribution in [3.8, 4) is 0 Å². The van der Waals surface area contributed by atoms with Crippen molar-refractivity contribution in [2.45, 2.75) is 6.54 Å². The van der Waals surface area contributed by atoms with Gasteiger partial charge in [-0.1, -0.05) is 6.07 Å². The lowest BCUT2D eigenvalue weighted by atomic mass is 10.2. The van der Waals surface area contributed by atoms with E-state index in [-0.39, 0.29) is 0 Å². The molecule has 0 aliphatic heterocycles. The molecule has 0 saturated heterocycles. The summed E-state index contributed by atoms with van der Waals surface area (Å²) in [7, 11) is 1.96. The SMILES string of the molecule is CNCCn1ccc2cc(N=C(N)c3cccs3)ccc21. The summed E-state index contributed by atoms with van der Waals surface area (Å²) in [5, 5.41) is 6.35. The van der Waals surface area contributed by atoms with Crippen molar-refractivity contribution >= 4 is 33.8 Å². The van der Waals surface area contributed by atoms with Crippen LogP contribution in [0.15, 0.2) is 53.0 Å². The third-order valence-corrected chi connectivity index (χ3v) is 4.27. The van der Waals surface area contributed by atoms with Gasteiger partial charge in [0.15, 0.2) is 0 Å². The molecule has 108 valence electrons. The molecule has 1 aromatic carbocycles. The van der Waals surface area contributed by atoms with Gasteiger partial charge in [-0.05, 0) is 42.8 Å². The number of aromatic nitrogens is 1. The van der Waals surface area contributed by atoms with Crippen molar-refractivity contribution in [1.29, 1.82) is 0 Å². The molecule has 0 fully saturated rings. The summed E-state index contributed by atoms with van der Waals surface area (Å²) in [5.41, 5.74) is 8.14. The first-order valence-corrected chi connectivity index (χ1v) is 7.77. The van der Waals surface area contributed by atoms with Gasteiger partial charge in [0.2, 0.25) is 0 Å². The lowest BCUT2D eigenvalue weighted by molar-refractivity contribution is 0.662. The second-order valence-corrected chi connectivity index (χ2v) is 5.78. The first kappa shape index (κ1) is 13.9. The molecule has 0 saturated carbocycles. The fourth-order valence-electron chi connectivity index (χ4n) is 2.30. The predicted octanol–water partition coefficient (Wildman–Crippen LogP) is 2.96. The highest BCUT2D eigenvalue weighted by atomic mass is 32.1. The number of thiophene rings is 1. The minimum absolute atomic E-state index is 0.568. The summed E-state index contributed by atoms with van der Waals surface area (Å²) in [6.45, 7) is 1.91. The van der Waals surface area contributed by atoms with Gasteiger partial charge in [0.1, 0.15) is 5.84 Å². The van der Waals surface area contributed by atoms with Crippen LogP contribution in [0.4, 0.5) is 5.69 Å². The van der Waals surface area contributed by atoms with Crippen LogP contribution in [-0.2, 0) is 6.54 Å². The third-order valence-electron chi connectivity index (χ3n) is 3.38. The predicted molar refractivity (Wildman–Crippen MR) is 90.6 cm³/mol. The molecule has 0 spiro atoms. The molecule has 0 aliphatic carbocycles. The molecular formula is C16H18N4S. The summed E-state index contributed by atoms with van der Waals surface area (Å²) >= 11 is 1.60. The maximum absolute atomic E-state index is 6.03. The van der Waals surface area contributed by atoms with Gasteiger partial charge >= 0.3 is 0 Å². The largest absolute Gasteiger partial charge is 0.383 e. The molecule has 0 atom stereocenters. The van der Waals surface area contributed by atoms with Crippen molar-refractivity contribution in [3.63, 3.8) is 0 Å². The van der Waals surface area contributed by atoms with E-state index < -0.39 is 0 Å². The Morgan fingerprint density at radius 3 is 3.00 bits per heavy atom. The monoisotopic (exact) mass is 298 g/mol. The van der Waals surface area contributed by atoms with Gasteiger partial charge in [0.05, 0.1) is 10.6 Å². The van der Waals surface area contributed by atoms with Crippen LogP contribution in [0.2, 0.25) is 0 Å². The number of amidine groups is 1. The summed E-state index contributed by atoms with van der Waals surface area (Å²) in [6, 6.07) is 12.3. The lowest BCUT2D eigenvalue weighted by Crippen LogP contribution is -2.14. The maximum atomic E-state index is 6.03. The van der Waals surface area contributed by atoms with Crippen LogP contribution >= 0.6 is 11.3 Å². The number of likely N-dealkylation sites (N-methyl/N-ethyl adjacent to an activating group) is 1. The first-order chi connectivity index (χ1) is 10.3. The zero-order valence-corrected chi connectivity index (χ0v) is 12.7. The summed E-state index contributed by atoms with van der Waals surface area (Å²) in [4.78, 5) is 5.51. The van der Waals surface area contributed by atoms with E-state index in [0.29, 0.717) is 5.84 Å². The second-order valence-electron chi connectivity index (χ2n) is 4.83. The molecule has 0 unspecified atom stereocenters. The lowest BCUT2D eigenvalue weighted by Gasteiger charge is -2.05. The normalized spacial score (nSPS) is 12.1. The van der Waals surface area contributed by atoms with Gasteiger partial charge in [0, 0.05) is 30.2 Å². The summed E-state index contributed by atoms with van der Waals surface area (Å²) < 4.78 is 2.24. The standard InChI is InChI=1S/C16H18N4S/c1-18-7-9-20-8-6-12-11-13(4-5-14(12)20)19-16(17)15-3-2-10-21-15/h2-6,8,10-11,18H,7,9H2,1H3,(H2,17,19). The van der Waals surface area contributed by atoms with Crippen molar-refractivity contribution in [3.05, 3.63) is 52.9 Å². The number of aliphatic imine (C=N–C) groups is 1. The summed E-state index contributed by atoms with van der Waals surface area (Å²) in [6.07, 6.45) is 2.11. The quantitative estimate of drug-likeness (QED) is 0.562. The topological polar surface area (TPSA) is 55.3 Å². The fraction of sp³-hybridized carbons (Fsp3) is 0.188. The van der Waals surface area contributed by atoms with Gasteiger partial charge in [0.25, 0.3) is 0 Å². The average Bonchev–Trinajstić information content (AvgIpc) is 3.14. The van der Waals surface area contributed by atoms with Crippen molar-refractivity contribution in [1.82, 2.24) is 9.88 Å². The highest BCUT2D eigenvalue weighted by Crippen LogP contribution is 2.23. The summed E-state index contributed by atoms with van der Waals surface area (Å²) in [5.74, 6) is 0.568. The molecule has 2 heterocycles. The highest BCUT2D eigenvalue weighted by Gasteiger charge is 2.03. The Bertz CT molecular complexity index is 756. The Labute approximate surface area is 127 Å². The van der Waals surface area contributed by atoms with Crippen LogP contribution in [-0.4, -0.2) is 24.0 Å². The van der Waals surface area contributed by atoms with E-state index >= 15 is 0 Å². The number of fused-ring (bicyclic) bond motifs is 1. The van der Waals surface area contributed by atoms with Crippen molar-refractivity contribution in [2.24, 2.45) is 10.7 Å². The second kappa shape index (κ2) is 6.11. The van der Waals surface area contributed by atoms with Gasteiger partial charge in [-0.3, -0.25) is 0 Å². The number of rotatable bonds is 5. The van der Waals surface area contributed by atoms with Gasteiger partial charge in [-0.2, -0.15) is 0 Å². The molecular weight excluding hydrogens is 280 g/mol. The van der Waals surface area contributed by atoms with Crippen LogP contribution in [0.25, 0.3) is 10.9 Å². The minimum atomic E-state index is 0.568. The molecule has 4 nitrogen and oxygen atoms in total. The van der Waals surface area contributed by atoms with Crippen LogP contribution in [0.3, 0.4) is 0 Å². The van der Waals surface area contributed by atoms with Crippen LogP contribution in [0.1, 0.15) is 4.88 Å². The molecule has 3 aromatic rings. The number of nitrogens with one attached hydrogen (secondary N) is 1. The van der Waals surface area contributed by atoms with Crippen molar-refractivity contribution < 1.29 is 0 Å². The van der Waals surface area contributed by atoms with E-state index in [9.17, 15) is 0 Å². The van der Waals surface area contributed by atoms with Gasteiger partial charge in [-0.15, -0.1) is 11.3 Å². The van der Waals surface area contributed by atoms with Crippen LogP contribution in [0, 0.1) is 0 Å². The molecule has 5 heteroatoms. The van der Waals surface area contributed by atoms with Gasteiger partial charge in [-0.25, -0.2) is 4.99 Å². The highest BCUT2D eigenvalue weighted by molar-refractivity contribution is 7.12. The Kier molecular flexibility index (Phi) is 4.03. The Morgan fingerprint density at radius 1 is 1.33 bits per heavy atom. The molecule has 3 rings (SSSR count). The van der Waals surface area contributed by atoms with E-state index in [4.69, 9.17) is 5.73 Å². The molecule has 0 aliphatic rings.